The highest BCUT2D eigenvalue weighted by molar-refractivity contribution is 7.99. The van der Waals surface area contributed by atoms with Crippen molar-refractivity contribution in [3.05, 3.63) is 82.7 Å². The Kier molecular flexibility index (Phi) is 6.24. The van der Waals surface area contributed by atoms with Crippen molar-refractivity contribution in [2.45, 2.75) is 16.7 Å². The van der Waals surface area contributed by atoms with Crippen LogP contribution >= 0.6 is 23.1 Å². The number of aryl methyl sites for hydroxylation is 1. The summed E-state index contributed by atoms with van der Waals surface area (Å²) in [6.07, 6.45) is 0. The van der Waals surface area contributed by atoms with E-state index in [0.717, 1.165) is 31.4 Å². The van der Waals surface area contributed by atoms with Gasteiger partial charge in [0.15, 0.2) is 5.06 Å². The number of aromatic hydroxyl groups is 1. The van der Waals surface area contributed by atoms with Gasteiger partial charge in [-0.25, -0.2) is 5.06 Å². The van der Waals surface area contributed by atoms with Gasteiger partial charge in [-0.15, -0.1) is 0 Å². The van der Waals surface area contributed by atoms with Crippen LogP contribution < -0.4 is 0 Å². The molecule has 1 aromatic heterocycles. The van der Waals surface area contributed by atoms with Crippen LogP contribution in [0, 0.1) is 6.92 Å². The SMILES string of the molecule is C=C(c1ccc(O)s1)c1ccccc1Sc1ccc(C(=O)N(C)OC)cc1C. The smallest absolute Gasteiger partial charge is 0.277 e. The van der Waals surface area contributed by atoms with Gasteiger partial charge < -0.3 is 5.11 Å². The molecule has 0 unspecified atom stereocenters. The quantitative estimate of drug-likeness (QED) is 0.536. The number of hydrogen-bond donors (Lipinski definition) is 1. The molecule has 3 rings (SSSR count). The molecule has 0 spiro atoms. The van der Waals surface area contributed by atoms with E-state index in [0.29, 0.717) is 5.56 Å². The van der Waals surface area contributed by atoms with Gasteiger partial charge in [-0.2, -0.15) is 0 Å². The fourth-order valence-electron chi connectivity index (χ4n) is 2.71. The molecular formula is C22H21NO3S2. The standard InChI is InChI=1S/C22H21NO3S2/c1-14-13-16(22(25)23(3)26-4)9-10-18(14)27-20-8-6-5-7-17(20)15(2)19-11-12-21(24)28-19/h5-13,24H,2H2,1,3-4H3. The van der Waals surface area contributed by atoms with Crippen LogP contribution in [0.25, 0.3) is 5.57 Å². The maximum absolute atomic E-state index is 12.3. The second kappa shape index (κ2) is 8.65. The summed E-state index contributed by atoms with van der Waals surface area (Å²) in [6, 6.07) is 17.2. The summed E-state index contributed by atoms with van der Waals surface area (Å²) in [7, 11) is 3.05. The molecular weight excluding hydrogens is 390 g/mol. The number of carbonyl (C=O) groups is 1. The molecule has 0 saturated carbocycles. The van der Waals surface area contributed by atoms with Crippen LogP contribution in [0.4, 0.5) is 0 Å². The normalized spacial score (nSPS) is 10.7. The van der Waals surface area contributed by atoms with Crippen LogP contribution in [-0.2, 0) is 4.84 Å². The van der Waals surface area contributed by atoms with E-state index in [2.05, 4.69) is 12.6 Å². The molecule has 0 fully saturated rings. The van der Waals surface area contributed by atoms with E-state index in [1.165, 1.54) is 23.5 Å². The maximum Gasteiger partial charge on any atom is 0.277 e. The molecule has 0 aliphatic heterocycles. The van der Waals surface area contributed by atoms with E-state index < -0.39 is 0 Å². The predicted octanol–water partition coefficient (Wildman–Crippen LogP) is 5.61. The zero-order valence-corrected chi connectivity index (χ0v) is 17.6. The van der Waals surface area contributed by atoms with Crippen molar-refractivity contribution >= 4 is 34.6 Å². The molecule has 0 saturated heterocycles. The van der Waals surface area contributed by atoms with Crippen molar-refractivity contribution in [3.8, 4) is 5.06 Å². The number of thiophene rings is 1. The lowest BCUT2D eigenvalue weighted by atomic mass is 10.1. The van der Waals surface area contributed by atoms with Crippen molar-refractivity contribution in [3.63, 3.8) is 0 Å². The van der Waals surface area contributed by atoms with Crippen LogP contribution in [0.15, 0.2) is 71.0 Å². The zero-order chi connectivity index (χ0) is 20.3. The van der Waals surface area contributed by atoms with E-state index in [4.69, 9.17) is 4.84 Å². The average molecular weight is 412 g/mol. The minimum Gasteiger partial charge on any atom is -0.499 e. The van der Waals surface area contributed by atoms with E-state index in [1.807, 2.05) is 49.4 Å². The summed E-state index contributed by atoms with van der Waals surface area (Å²) < 4.78 is 0. The van der Waals surface area contributed by atoms with Crippen molar-refractivity contribution in [1.82, 2.24) is 5.06 Å². The molecule has 28 heavy (non-hydrogen) atoms. The summed E-state index contributed by atoms with van der Waals surface area (Å²) in [5, 5.41) is 11.1. The number of benzene rings is 2. The molecule has 2 aromatic carbocycles. The van der Waals surface area contributed by atoms with E-state index in [1.54, 1.807) is 24.9 Å². The average Bonchev–Trinajstić information content (AvgIpc) is 3.14. The molecule has 3 aromatic rings. The van der Waals surface area contributed by atoms with Crippen LogP contribution in [0.5, 0.6) is 5.06 Å². The molecule has 1 heterocycles. The summed E-state index contributed by atoms with van der Waals surface area (Å²) in [5.74, 6) is -0.187. The number of hydroxylamine groups is 2. The molecule has 144 valence electrons. The van der Waals surface area contributed by atoms with Crippen LogP contribution in [0.3, 0.4) is 0 Å². The minimum absolute atomic E-state index is 0.187. The summed E-state index contributed by atoms with van der Waals surface area (Å²) >= 11 is 2.94. The summed E-state index contributed by atoms with van der Waals surface area (Å²) in [4.78, 5) is 20.3. The topological polar surface area (TPSA) is 49.8 Å². The van der Waals surface area contributed by atoms with Gasteiger partial charge in [0.2, 0.25) is 0 Å². The number of amides is 1. The van der Waals surface area contributed by atoms with Gasteiger partial charge in [0, 0.05) is 27.3 Å². The van der Waals surface area contributed by atoms with Gasteiger partial charge in [0.05, 0.1) is 7.11 Å². The predicted molar refractivity (Wildman–Crippen MR) is 115 cm³/mol. The first-order valence-corrected chi connectivity index (χ1v) is 10.2. The molecule has 4 nitrogen and oxygen atoms in total. The van der Waals surface area contributed by atoms with Crippen molar-refractivity contribution in [1.29, 1.82) is 0 Å². The molecule has 1 N–H and O–H groups in total. The zero-order valence-electron chi connectivity index (χ0n) is 15.9. The third-order valence-electron chi connectivity index (χ3n) is 4.30. The number of hydrogen-bond acceptors (Lipinski definition) is 5. The second-order valence-electron chi connectivity index (χ2n) is 6.18. The fourth-order valence-corrected chi connectivity index (χ4v) is 4.48. The Morgan fingerprint density at radius 2 is 1.89 bits per heavy atom. The molecule has 0 aliphatic carbocycles. The Hall–Kier alpha value is -2.54. The lowest BCUT2D eigenvalue weighted by molar-refractivity contribution is -0.0757. The highest BCUT2D eigenvalue weighted by Crippen LogP contribution is 2.39. The van der Waals surface area contributed by atoms with Gasteiger partial charge >= 0.3 is 0 Å². The molecule has 0 atom stereocenters. The van der Waals surface area contributed by atoms with Crippen molar-refractivity contribution in [2.24, 2.45) is 0 Å². The van der Waals surface area contributed by atoms with Crippen molar-refractivity contribution in [2.75, 3.05) is 14.2 Å². The third-order valence-corrected chi connectivity index (χ3v) is 6.50. The Morgan fingerprint density at radius 1 is 1.14 bits per heavy atom. The summed E-state index contributed by atoms with van der Waals surface area (Å²) in [5.41, 5.74) is 3.49. The first kappa shape index (κ1) is 20.2. The first-order valence-electron chi connectivity index (χ1n) is 8.59. The molecule has 0 aliphatic rings. The summed E-state index contributed by atoms with van der Waals surface area (Å²) in [6.45, 7) is 6.21. The Labute approximate surface area is 173 Å². The van der Waals surface area contributed by atoms with Crippen LogP contribution in [0.1, 0.15) is 26.4 Å². The Balaban J connectivity index is 1.89. The van der Waals surface area contributed by atoms with Crippen molar-refractivity contribution < 1.29 is 14.7 Å². The molecule has 0 bridgehead atoms. The maximum atomic E-state index is 12.3. The fraction of sp³-hybridized carbons (Fsp3) is 0.136. The highest BCUT2D eigenvalue weighted by atomic mass is 32.2. The minimum atomic E-state index is -0.187. The third kappa shape index (κ3) is 4.30. The van der Waals surface area contributed by atoms with Gasteiger partial charge in [-0.05, 0) is 60.0 Å². The van der Waals surface area contributed by atoms with Crippen LogP contribution in [0.2, 0.25) is 0 Å². The monoisotopic (exact) mass is 411 g/mol. The van der Waals surface area contributed by atoms with E-state index >= 15 is 0 Å². The highest BCUT2D eigenvalue weighted by Gasteiger charge is 2.15. The van der Waals surface area contributed by atoms with Gasteiger partial charge in [0.1, 0.15) is 0 Å². The van der Waals surface area contributed by atoms with Crippen LogP contribution in [-0.4, -0.2) is 30.2 Å². The van der Waals surface area contributed by atoms with Gasteiger partial charge in [0.25, 0.3) is 5.91 Å². The number of carbonyl (C=O) groups excluding carboxylic acids is 1. The number of nitrogens with zero attached hydrogens (tertiary/aromatic N) is 1. The molecule has 6 heteroatoms. The van der Waals surface area contributed by atoms with Gasteiger partial charge in [-0.3, -0.25) is 9.63 Å². The lowest BCUT2D eigenvalue weighted by Crippen LogP contribution is -2.25. The van der Waals surface area contributed by atoms with E-state index in [9.17, 15) is 9.90 Å². The number of rotatable bonds is 6. The largest absolute Gasteiger partial charge is 0.499 e. The van der Waals surface area contributed by atoms with Gasteiger partial charge in [-0.1, -0.05) is 47.9 Å². The Bertz CT molecular complexity index is 1030. The van der Waals surface area contributed by atoms with E-state index in [-0.39, 0.29) is 11.0 Å². The first-order chi connectivity index (χ1) is 13.4. The Morgan fingerprint density at radius 3 is 2.54 bits per heavy atom. The second-order valence-corrected chi connectivity index (χ2v) is 8.33. The molecule has 0 radical (unpaired) electrons. The lowest BCUT2D eigenvalue weighted by Gasteiger charge is -2.15. The molecule has 1 amide bonds.